The van der Waals surface area contributed by atoms with Crippen molar-refractivity contribution in [2.45, 2.75) is 27.2 Å². The van der Waals surface area contributed by atoms with Crippen LogP contribution in [0, 0.1) is 0 Å². The highest BCUT2D eigenvalue weighted by Crippen LogP contribution is 1.95. The summed E-state index contributed by atoms with van der Waals surface area (Å²) in [6.45, 7) is 7.10. The van der Waals surface area contributed by atoms with Gasteiger partial charge in [0, 0.05) is 19.8 Å². The van der Waals surface area contributed by atoms with Gasteiger partial charge in [-0.15, -0.1) is 0 Å². The molecule has 0 amide bonds. The molecule has 3 heteroatoms. The van der Waals surface area contributed by atoms with Crippen LogP contribution in [0.5, 0.6) is 0 Å². The summed E-state index contributed by atoms with van der Waals surface area (Å²) in [6, 6.07) is 0. The molecule has 0 aromatic rings. The van der Waals surface area contributed by atoms with E-state index in [-0.39, 0.29) is 0 Å². The fraction of sp³-hybridized carbons (Fsp3) is 1.00. The standard InChI is InChI=1S/C7H16O3/c1-4-8-7(9-5-2)10-6-3/h7H,4-6H2,1-3H3/i7+2. The molecule has 0 N–H and O–H groups in total. The Morgan fingerprint density at radius 1 is 0.800 bits per heavy atom. The number of hydrogen-bond acceptors (Lipinski definition) is 3. The largest absolute Gasteiger partial charge is 0.330 e. The number of hydrogen-bond donors (Lipinski definition) is 0. The fourth-order valence-electron chi connectivity index (χ4n) is 0.553. The highest BCUT2D eigenvalue weighted by molar-refractivity contribution is 4.23. The Balaban J connectivity index is 3.30. The average molecular weight is 150 g/mol. The fourth-order valence-corrected chi connectivity index (χ4v) is 0.553. The molecule has 0 rings (SSSR count). The van der Waals surface area contributed by atoms with Gasteiger partial charge in [0.25, 0.3) is 6.48 Å². The van der Waals surface area contributed by atoms with Crippen LogP contribution in [0.15, 0.2) is 0 Å². The van der Waals surface area contributed by atoms with E-state index in [4.69, 9.17) is 14.2 Å². The van der Waals surface area contributed by atoms with E-state index in [0.717, 1.165) is 0 Å². The van der Waals surface area contributed by atoms with Crippen molar-refractivity contribution in [1.82, 2.24) is 0 Å². The van der Waals surface area contributed by atoms with Crippen molar-refractivity contribution in [3.05, 3.63) is 0 Å². The maximum absolute atomic E-state index is 5.08. The summed E-state index contributed by atoms with van der Waals surface area (Å²) in [4.78, 5) is 0. The first-order chi connectivity index (χ1) is 4.85. The van der Waals surface area contributed by atoms with Gasteiger partial charge in [0.05, 0.1) is 0 Å². The molecule has 0 atom stereocenters. The van der Waals surface area contributed by atoms with E-state index in [1.54, 1.807) is 0 Å². The summed E-state index contributed by atoms with van der Waals surface area (Å²) in [5.41, 5.74) is 0. The van der Waals surface area contributed by atoms with Crippen LogP contribution < -0.4 is 0 Å². The van der Waals surface area contributed by atoms with Crippen LogP contribution in [-0.4, -0.2) is 26.3 Å². The van der Waals surface area contributed by atoms with E-state index in [2.05, 4.69) is 0 Å². The molecular formula is C7H16O3. The predicted octanol–water partition coefficient (Wildman–Crippen LogP) is 1.38. The summed E-state index contributed by atoms with van der Waals surface area (Å²) < 4.78 is 15.2. The van der Waals surface area contributed by atoms with Gasteiger partial charge in [0.1, 0.15) is 0 Å². The van der Waals surface area contributed by atoms with Gasteiger partial charge in [-0.3, -0.25) is 0 Å². The zero-order valence-corrected chi connectivity index (χ0v) is 6.92. The van der Waals surface area contributed by atoms with E-state index in [1.165, 1.54) is 0 Å². The quantitative estimate of drug-likeness (QED) is 0.535. The van der Waals surface area contributed by atoms with Crippen molar-refractivity contribution in [3.8, 4) is 0 Å². The Labute approximate surface area is 62.3 Å². The molecule has 0 radical (unpaired) electrons. The third kappa shape index (κ3) is 4.73. The van der Waals surface area contributed by atoms with Gasteiger partial charge in [0.15, 0.2) is 0 Å². The lowest BCUT2D eigenvalue weighted by Gasteiger charge is -2.15. The molecule has 62 valence electrons. The van der Waals surface area contributed by atoms with Crippen molar-refractivity contribution in [2.24, 2.45) is 0 Å². The summed E-state index contributed by atoms with van der Waals surface area (Å²) in [5, 5.41) is 0. The minimum absolute atomic E-state index is 0.472. The monoisotopic (exact) mass is 150 g/mol. The average Bonchev–Trinajstić information content (AvgIpc) is 1.90. The van der Waals surface area contributed by atoms with Crippen molar-refractivity contribution in [3.63, 3.8) is 0 Å². The van der Waals surface area contributed by atoms with Crippen molar-refractivity contribution >= 4 is 0 Å². The third-order valence-electron chi connectivity index (χ3n) is 0.908. The first-order valence-corrected chi connectivity index (χ1v) is 3.69. The molecule has 0 aliphatic rings. The lowest BCUT2D eigenvalue weighted by molar-refractivity contribution is -0.282. The molecule has 3 nitrogen and oxygen atoms in total. The zero-order valence-electron chi connectivity index (χ0n) is 6.92. The lowest BCUT2D eigenvalue weighted by atomic mass is 10.9. The third-order valence-corrected chi connectivity index (χ3v) is 0.908. The maximum Gasteiger partial charge on any atom is 0.271 e. The second-order valence-electron chi connectivity index (χ2n) is 1.65. The van der Waals surface area contributed by atoms with E-state index < -0.39 is 6.48 Å². The molecule has 0 bridgehead atoms. The summed E-state index contributed by atoms with van der Waals surface area (Å²) in [6.07, 6.45) is 0. The Kier molecular flexibility index (Phi) is 6.91. The molecule has 0 aromatic carbocycles. The molecule has 0 aliphatic heterocycles. The SMILES string of the molecule is CCO[14CH](OCC)OCC. The molecule has 0 fully saturated rings. The molecule has 0 spiro atoms. The smallest absolute Gasteiger partial charge is 0.271 e. The first-order valence-electron chi connectivity index (χ1n) is 3.69. The van der Waals surface area contributed by atoms with Crippen LogP contribution in [0.4, 0.5) is 0 Å². The van der Waals surface area contributed by atoms with Gasteiger partial charge >= 0.3 is 0 Å². The van der Waals surface area contributed by atoms with Gasteiger partial charge in [-0.1, -0.05) is 0 Å². The van der Waals surface area contributed by atoms with Crippen LogP contribution in [0.2, 0.25) is 0 Å². The molecule has 0 saturated carbocycles. The molecule has 0 heterocycles. The van der Waals surface area contributed by atoms with Crippen LogP contribution in [0.3, 0.4) is 0 Å². The van der Waals surface area contributed by atoms with Crippen molar-refractivity contribution in [1.29, 1.82) is 0 Å². The van der Waals surface area contributed by atoms with Crippen LogP contribution in [0.25, 0.3) is 0 Å². The van der Waals surface area contributed by atoms with Gasteiger partial charge < -0.3 is 14.2 Å². The second kappa shape index (κ2) is 6.99. The Morgan fingerprint density at radius 2 is 1.10 bits per heavy atom. The van der Waals surface area contributed by atoms with Gasteiger partial charge in [-0.05, 0) is 20.8 Å². The zero-order chi connectivity index (χ0) is 7.82. The molecule has 0 unspecified atom stereocenters. The van der Waals surface area contributed by atoms with E-state index >= 15 is 0 Å². The van der Waals surface area contributed by atoms with Crippen molar-refractivity contribution < 1.29 is 14.2 Å². The summed E-state index contributed by atoms with van der Waals surface area (Å²) in [7, 11) is 0. The van der Waals surface area contributed by atoms with E-state index in [1.807, 2.05) is 20.8 Å². The van der Waals surface area contributed by atoms with E-state index in [9.17, 15) is 0 Å². The van der Waals surface area contributed by atoms with E-state index in [0.29, 0.717) is 19.8 Å². The minimum atomic E-state index is -0.472. The molecule has 0 aromatic heterocycles. The van der Waals surface area contributed by atoms with Gasteiger partial charge in [-0.25, -0.2) is 0 Å². The highest BCUT2D eigenvalue weighted by Gasteiger charge is 2.04. The number of ether oxygens (including phenoxy) is 3. The van der Waals surface area contributed by atoms with Gasteiger partial charge in [-0.2, -0.15) is 0 Å². The summed E-state index contributed by atoms with van der Waals surface area (Å²) >= 11 is 0. The minimum Gasteiger partial charge on any atom is -0.330 e. The maximum atomic E-state index is 5.08. The normalized spacial score (nSPS) is 10.8. The topological polar surface area (TPSA) is 27.7 Å². The van der Waals surface area contributed by atoms with Crippen LogP contribution in [-0.2, 0) is 14.2 Å². The van der Waals surface area contributed by atoms with Crippen LogP contribution in [0.1, 0.15) is 20.8 Å². The first kappa shape index (κ1) is 9.88. The predicted molar refractivity (Wildman–Crippen MR) is 38.7 cm³/mol. The molecular weight excluding hydrogens is 134 g/mol. The Hall–Kier alpha value is -0.120. The summed E-state index contributed by atoms with van der Waals surface area (Å²) in [5.74, 6) is 0. The van der Waals surface area contributed by atoms with Gasteiger partial charge in [0.2, 0.25) is 0 Å². The Bertz CT molecular complexity index is 51.6. The second-order valence-corrected chi connectivity index (χ2v) is 1.65. The molecule has 0 aliphatic carbocycles. The molecule has 0 saturated heterocycles. The van der Waals surface area contributed by atoms with Crippen LogP contribution >= 0.6 is 0 Å². The van der Waals surface area contributed by atoms with Crippen molar-refractivity contribution in [2.75, 3.05) is 19.8 Å². The number of rotatable bonds is 6. The highest BCUT2D eigenvalue weighted by atomic mass is 17.2. The lowest BCUT2D eigenvalue weighted by Crippen LogP contribution is -2.20. The molecule has 10 heavy (non-hydrogen) atoms. The Morgan fingerprint density at radius 3 is 1.30 bits per heavy atom.